The van der Waals surface area contributed by atoms with Gasteiger partial charge in [0.05, 0.1) is 5.69 Å². The summed E-state index contributed by atoms with van der Waals surface area (Å²) in [5.41, 5.74) is 7.33. The molecule has 1 aliphatic rings. The minimum Gasteiger partial charge on any atom is -0.379 e. The molecular weight excluding hydrogens is 203 g/mol. The molecule has 1 aliphatic carbocycles. The molecule has 1 aromatic carbocycles. The van der Waals surface area contributed by atoms with Gasteiger partial charge in [-0.15, -0.1) is 0 Å². The summed E-state index contributed by atoms with van der Waals surface area (Å²) >= 11 is 0. The van der Waals surface area contributed by atoms with Crippen molar-refractivity contribution in [3.63, 3.8) is 0 Å². The monoisotopic (exact) mass is 222 g/mol. The summed E-state index contributed by atoms with van der Waals surface area (Å²) in [6.45, 7) is 2.61. The molecule has 0 radical (unpaired) electrons. The van der Waals surface area contributed by atoms with Gasteiger partial charge in [-0.1, -0.05) is 18.6 Å². The smallest absolute Gasteiger partial charge is 0.146 e. The van der Waals surface area contributed by atoms with Crippen LogP contribution in [0.15, 0.2) is 18.2 Å². The van der Waals surface area contributed by atoms with Gasteiger partial charge in [0.1, 0.15) is 5.82 Å². The Bertz CT molecular complexity index is 345. The molecule has 2 atom stereocenters. The Morgan fingerprint density at radius 1 is 1.44 bits per heavy atom. The fourth-order valence-corrected chi connectivity index (χ4v) is 2.51. The molecule has 16 heavy (non-hydrogen) atoms. The van der Waals surface area contributed by atoms with E-state index in [0.717, 1.165) is 18.4 Å². The lowest BCUT2D eigenvalue weighted by Gasteiger charge is -2.22. The molecule has 1 fully saturated rings. The molecule has 0 amide bonds. The highest BCUT2D eigenvalue weighted by Crippen LogP contribution is 2.29. The number of rotatable bonds is 3. The molecule has 3 heteroatoms. The summed E-state index contributed by atoms with van der Waals surface area (Å²) in [6, 6.07) is 5.50. The number of nitrogens with one attached hydrogen (secondary N) is 1. The van der Waals surface area contributed by atoms with Gasteiger partial charge in [0, 0.05) is 6.04 Å². The Labute approximate surface area is 96.0 Å². The number of benzene rings is 1. The Kier molecular flexibility index (Phi) is 3.44. The molecule has 2 rings (SSSR count). The first kappa shape index (κ1) is 11.4. The van der Waals surface area contributed by atoms with Crippen molar-refractivity contribution in [2.24, 2.45) is 11.7 Å². The van der Waals surface area contributed by atoms with Crippen molar-refractivity contribution in [3.8, 4) is 0 Å². The van der Waals surface area contributed by atoms with Crippen molar-refractivity contribution in [1.29, 1.82) is 0 Å². The van der Waals surface area contributed by atoms with Crippen LogP contribution in [0, 0.1) is 18.7 Å². The molecular formula is C13H19FN2. The van der Waals surface area contributed by atoms with Crippen molar-refractivity contribution in [3.05, 3.63) is 29.6 Å². The maximum absolute atomic E-state index is 13.6. The van der Waals surface area contributed by atoms with Gasteiger partial charge in [-0.05, 0) is 43.9 Å². The first-order valence-electron chi connectivity index (χ1n) is 5.94. The highest BCUT2D eigenvalue weighted by atomic mass is 19.1. The molecule has 0 saturated heterocycles. The van der Waals surface area contributed by atoms with E-state index < -0.39 is 0 Å². The van der Waals surface area contributed by atoms with E-state index in [1.165, 1.54) is 12.5 Å². The van der Waals surface area contributed by atoms with E-state index in [0.29, 0.717) is 24.2 Å². The van der Waals surface area contributed by atoms with Crippen LogP contribution in [0.2, 0.25) is 0 Å². The van der Waals surface area contributed by atoms with Crippen LogP contribution in [0.1, 0.15) is 24.8 Å². The second-order valence-corrected chi connectivity index (χ2v) is 4.61. The molecule has 0 heterocycles. The minimum atomic E-state index is -0.164. The second kappa shape index (κ2) is 4.83. The molecule has 88 valence electrons. The summed E-state index contributed by atoms with van der Waals surface area (Å²) in [7, 11) is 0. The van der Waals surface area contributed by atoms with Gasteiger partial charge >= 0.3 is 0 Å². The van der Waals surface area contributed by atoms with Crippen LogP contribution in [0.25, 0.3) is 0 Å². The van der Waals surface area contributed by atoms with E-state index in [9.17, 15) is 4.39 Å². The van der Waals surface area contributed by atoms with Crippen LogP contribution in [0.4, 0.5) is 10.1 Å². The van der Waals surface area contributed by atoms with E-state index in [4.69, 9.17) is 5.73 Å². The number of para-hydroxylation sites is 1. The molecule has 0 aliphatic heterocycles. The summed E-state index contributed by atoms with van der Waals surface area (Å²) in [5.74, 6) is 0.321. The van der Waals surface area contributed by atoms with E-state index in [2.05, 4.69) is 5.32 Å². The molecule has 2 unspecified atom stereocenters. The average Bonchev–Trinajstić information content (AvgIpc) is 2.71. The largest absolute Gasteiger partial charge is 0.379 e. The van der Waals surface area contributed by atoms with Crippen molar-refractivity contribution < 1.29 is 4.39 Å². The summed E-state index contributed by atoms with van der Waals surface area (Å²) < 4.78 is 13.6. The number of aryl methyl sites for hydroxylation is 1. The van der Waals surface area contributed by atoms with Crippen molar-refractivity contribution in [2.45, 2.75) is 32.2 Å². The SMILES string of the molecule is Cc1cccc(F)c1NC1CCCC1CN. The number of nitrogens with two attached hydrogens (primary N) is 1. The Morgan fingerprint density at radius 3 is 2.94 bits per heavy atom. The normalized spacial score (nSPS) is 24.7. The van der Waals surface area contributed by atoms with Crippen LogP contribution in [-0.4, -0.2) is 12.6 Å². The predicted molar refractivity (Wildman–Crippen MR) is 64.9 cm³/mol. The zero-order valence-electron chi connectivity index (χ0n) is 9.67. The lowest BCUT2D eigenvalue weighted by molar-refractivity contribution is 0.512. The molecule has 3 N–H and O–H groups in total. The third kappa shape index (κ3) is 2.19. The Hall–Kier alpha value is -1.09. The Morgan fingerprint density at radius 2 is 2.25 bits per heavy atom. The van der Waals surface area contributed by atoms with Gasteiger partial charge < -0.3 is 11.1 Å². The zero-order valence-corrected chi connectivity index (χ0v) is 9.67. The number of hydrogen-bond donors (Lipinski definition) is 2. The van der Waals surface area contributed by atoms with Gasteiger partial charge in [-0.3, -0.25) is 0 Å². The third-order valence-corrected chi connectivity index (χ3v) is 3.51. The maximum Gasteiger partial charge on any atom is 0.146 e. The van der Waals surface area contributed by atoms with Gasteiger partial charge in [-0.2, -0.15) is 0 Å². The molecule has 2 nitrogen and oxygen atoms in total. The van der Waals surface area contributed by atoms with Gasteiger partial charge in [0.25, 0.3) is 0 Å². The fraction of sp³-hybridized carbons (Fsp3) is 0.538. The molecule has 1 aromatic rings. The van der Waals surface area contributed by atoms with Crippen LogP contribution < -0.4 is 11.1 Å². The van der Waals surface area contributed by atoms with Crippen LogP contribution in [0.5, 0.6) is 0 Å². The first-order chi connectivity index (χ1) is 7.72. The quantitative estimate of drug-likeness (QED) is 0.825. The number of halogens is 1. The molecule has 0 aromatic heterocycles. The summed E-state index contributed by atoms with van der Waals surface area (Å²) in [6.07, 6.45) is 3.43. The van der Waals surface area contributed by atoms with E-state index in [1.54, 1.807) is 6.07 Å². The van der Waals surface area contributed by atoms with Crippen LogP contribution >= 0.6 is 0 Å². The summed E-state index contributed by atoms with van der Waals surface area (Å²) in [4.78, 5) is 0. The fourth-order valence-electron chi connectivity index (χ4n) is 2.51. The highest BCUT2D eigenvalue weighted by Gasteiger charge is 2.26. The Balaban J connectivity index is 2.14. The molecule has 1 saturated carbocycles. The third-order valence-electron chi connectivity index (χ3n) is 3.51. The maximum atomic E-state index is 13.6. The van der Waals surface area contributed by atoms with E-state index in [-0.39, 0.29) is 5.82 Å². The van der Waals surface area contributed by atoms with Gasteiger partial charge in [-0.25, -0.2) is 4.39 Å². The molecule has 0 bridgehead atoms. The van der Waals surface area contributed by atoms with Crippen molar-refractivity contribution in [2.75, 3.05) is 11.9 Å². The summed E-state index contributed by atoms with van der Waals surface area (Å²) in [5, 5.41) is 3.32. The van der Waals surface area contributed by atoms with Gasteiger partial charge in [0.2, 0.25) is 0 Å². The number of anilines is 1. The standard InChI is InChI=1S/C13H19FN2/c1-9-4-2-6-11(14)13(9)16-12-7-3-5-10(12)8-15/h2,4,6,10,12,16H,3,5,7-8,15H2,1H3. The van der Waals surface area contributed by atoms with E-state index in [1.807, 2.05) is 13.0 Å². The highest BCUT2D eigenvalue weighted by molar-refractivity contribution is 5.52. The number of hydrogen-bond acceptors (Lipinski definition) is 2. The van der Waals surface area contributed by atoms with Crippen molar-refractivity contribution >= 4 is 5.69 Å². The van der Waals surface area contributed by atoms with Crippen molar-refractivity contribution in [1.82, 2.24) is 0 Å². The lowest BCUT2D eigenvalue weighted by Crippen LogP contribution is -2.30. The lowest BCUT2D eigenvalue weighted by atomic mass is 10.0. The van der Waals surface area contributed by atoms with E-state index >= 15 is 0 Å². The topological polar surface area (TPSA) is 38.0 Å². The predicted octanol–water partition coefficient (Wildman–Crippen LogP) is 2.67. The van der Waals surface area contributed by atoms with Gasteiger partial charge in [0.15, 0.2) is 0 Å². The first-order valence-corrected chi connectivity index (χ1v) is 5.94. The van der Waals surface area contributed by atoms with Crippen LogP contribution in [0.3, 0.4) is 0 Å². The minimum absolute atomic E-state index is 0.164. The second-order valence-electron chi connectivity index (χ2n) is 4.61. The van der Waals surface area contributed by atoms with Crippen LogP contribution in [-0.2, 0) is 0 Å². The molecule has 0 spiro atoms. The average molecular weight is 222 g/mol. The zero-order chi connectivity index (χ0) is 11.5.